The van der Waals surface area contributed by atoms with Crippen molar-refractivity contribution in [3.63, 3.8) is 0 Å². The second-order valence-corrected chi connectivity index (χ2v) is 6.22. The van der Waals surface area contributed by atoms with E-state index in [9.17, 15) is 13.6 Å². The second kappa shape index (κ2) is 8.65. The Morgan fingerprint density at radius 3 is 2.46 bits per heavy atom. The maximum Gasteiger partial charge on any atom is 0.387 e. The summed E-state index contributed by atoms with van der Waals surface area (Å²) in [4.78, 5) is 12.3. The number of rotatable bonds is 7. The van der Waals surface area contributed by atoms with Crippen LogP contribution in [0.5, 0.6) is 11.5 Å². The lowest BCUT2D eigenvalue weighted by Crippen LogP contribution is -2.23. The van der Waals surface area contributed by atoms with Crippen LogP contribution in [0.3, 0.4) is 0 Å². The van der Waals surface area contributed by atoms with Gasteiger partial charge in [-0.05, 0) is 56.0 Å². The SMILES string of the molecule is O=C(NCc1ccccc1OC(F)F)c1ccc(OC2CCCC2)cc1. The number of hydrogen-bond donors (Lipinski definition) is 1. The van der Waals surface area contributed by atoms with E-state index in [1.807, 2.05) is 0 Å². The Morgan fingerprint density at radius 2 is 1.77 bits per heavy atom. The van der Waals surface area contributed by atoms with Crippen LogP contribution in [0.15, 0.2) is 48.5 Å². The fraction of sp³-hybridized carbons (Fsp3) is 0.350. The number of alkyl halides is 2. The van der Waals surface area contributed by atoms with Crippen molar-refractivity contribution in [2.45, 2.75) is 44.9 Å². The molecule has 2 aromatic rings. The van der Waals surface area contributed by atoms with Gasteiger partial charge in [0.15, 0.2) is 0 Å². The zero-order valence-corrected chi connectivity index (χ0v) is 14.3. The Kier molecular flexibility index (Phi) is 6.04. The van der Waals surface area contributed by atoms with Crippen LogP contribution in [0.4, 0.5) is 8.78 Å². The minimum atomic E-state index is -2.90. The van der Waals surface area contributed by atoms with Crippen molar-refractivity contribution in [1.29, 1.82) is 0 Å². The van der Waals surface area contributed by atoms with Gasteiger partial charge in [0.05, 0.1) is 6.10 Å². The number of para-hydroxylation sites is 1. The number of ether oxygens (including phenoxy) is 2. The molecule has 1 amide bonds. The van der Waals surface area contributed by atoms with Crippen molar-refractivity contribution >= 4 is 5.91 Å². The summed E-state index contributed by atoms with van der Waals surface area (Å²) in [6.07, 6.45) is 4.80. The summed E-state index contributed by atoms with van der Waals surface area (Å²) in [5.74, 6) is 0.525. The smallest absolute Gasteiger partial charge is 0.387 e. The van der Waals surface area contributed by atoms with Crippen LogP contribution in [0.2, 0.25) is 0 Å². The third-order valence-electron chi connectivity index (χ3n) is 4.35. The molecule has 138 valence electrons. The van der Waals surface area contributed by atoms with Crippen LogP contribution in [0, 0.1) is 0 Å². The number of nitrogens with one attached hydrogen (secondary N) is 1. The first kappa shape index (κ1) is 18.2. The number of halogens is 2. The number of carbonyl (C=O) groups excluding carboxylic acids is 1. The minimum absolute atomic E-state index is 0.0584. The van der Waals surface area contributed by atoms with Crippen molar-refractivity contribution in [2.75, 3.05) is 0 Å². The largest absolute Gasteiger partial charge is 0.490 e. The molecule has 6 heteroatoms. The molecule has 1 saturated carbocycles. The predicted molar refractivity (Wildman–Crippen MR) is 93.6 cm³/mol. The molecule has 0 bridgehead atoms. The summed E-state index contributed by atoms with van der Waals surface area (Å²) in [5.41, 5.74) is 0.971. The highest BCUT2D eigenvalue weighted by atomic mass is 19.3. The molecule has 0 unspecified atom stereocenters. The van der Waals surface area contributed by atoms with Gasteiger partial charge in [-0.1, -0.05) is 18.2 Å². The fourth-order valence-electron chi connectivity index (χ4n) is 3.02. The van der Waals surface area contributed by atoms with Gasteiger partial charge in [0.2, 0.25) is 0 Å². The average Bonchev–Trinajstić information content (AvgIpc) is 3.14. The topological polar surface area (TPSA) is 47.6 Å². The lowest BCUT2D eigenvalue weighted by Gasteiger charge is -2.13. The van der Waals surface area contributed by atoms with Crippen LogP contribution in [0.1, 0.15) is 41.6 Å². The predicted octanol–water partition coefficient (Wildman–Crippen LogP) is 4.54. The Balaban J connectivity index is 1.56. The molecule has 26 heavy (non-hydrogen) atoms. The highest BCUT2D eigenvalue weighted by molar-refractivity contribution is 5.94. The quantitative estimate of drug-likeness (QED) is 0.788. The van der Waals surface area contributed by atoms with Crippen LogP contribution in [-0.2, 0) is 6.54 Å². The van der Waals surface area contributed by atoms with E-state index < -0.39 is 6.61 Å². The van der Waals surface area contributed by atoms with E-state index in [0.29, 0.717) is 11.1 Å². The van der Waals surface area contributed by atoms with Crippen LogP contribution < -0.4 is 14.8 Å². The summed E-state index contributed by atoms with van der Waals surface area (Å²) in [6.45, 7) is -2.80. The first-order valence-corrected chi connectivity index (χ1v) is 8.69. The van der Waals surface area contributed by atoms with Gasteiger partial charge in [0, 0.05) is 17.7 Å². The molecule has 1 aliphatic carbocycles. The zero-order chi connectivity index (χ0) is 18.4. The molecule has 0 spiro atoms. The second-order valence-electron chi connectivity index (χ2n) is 6.22. The molecule has 0 aliphatic heterocycles. The molecule has 2 aromatic carbocycles. The minimum Gasteiger partial charge on any atom is -0.490 e. The van der Waals surface area contributed by atoms with Gasteiger partial charge in [-0.15, -0.1) is 0 Å². The molecular formula is C20H21F2NO3. The monoisotopic (exact) mass is 361 g/mol. The molecule has 4 nitrogen and oxygen atoms in total. The maximum absolute atomic E-state index is 12.4. The molecular weight excluding hydrogens is 340 g/mol. The molecule has 0 aromatic heterocycles. The van der Waals surface area contributed by atoms with Crippen LogP contribution in [0.25, 0.3) is 0 Å². The van der Waals surface area contributed by atoms with Crippen molar-refractivity contribution in [3.05, 3.63) is 59.7 Å². The normalized spacial score (nSPS) is 14.4. The van der Waals surface area contributed by atoms with Gasteiger partial charge < -0.3 is 14.8 Å². The van der Waals surface area contributed by atoms with Crippen LogP contribution in [-0.4, -0.2) is 18.6 Å². The molecule has 0 radical (unpaired) electrons. The Bertz CT molecular complexity index is 728. The van der Waals surface area contributed by atoms with Gasteiger partial charge in [0.25, 0.3) is 5.91 Å². The third kappa shape index (κ3) is 4.94. The van der Waals surface area contributed by atoms with Crippen molar-refractivity contribution in [3.8, 4) is 11.5 Å². The lowest BCUT2D eigenvalue weighted by atomic mass is 10.1. The van der Waals surface area contributed by atoms with Gasteiger partial charge in [-0.2, -0.15) is 8.78 Å². The highest BCUT2D eigenvalue weighted by Crippen LogP contribution is 2.24. The molecule has 1 N–H and O–H groups in total. The van der Waals surface area contributed by atoms with E-state index in [-0.39, 0.29) is 24.3 Å². The summed E-state index contributed by atoms with van der Waals surface area (Å²) in [7, 11) is 0. The number of hydrogen-bond acceptors (Lipinski definition) is 3. The number of amides is 1. The Labute approximate surface area is 151 Å². The number of benzene rings is 2. The summed E-state index contributed by atoms with van der Waals surface area (Å²) >= 11 is 0. The Morgan fingerprint density at radius 1 is 1.08 bits per heavy atom. The first-order valence-electron chi connectivity index (χ1n) is 8.69. The van der Waals surface area contributed by atoms with E-state index in [2.05, 4.69) is 10.1 Å². The van der Waals surface area contributed by atoms with Crippen LogP contribution >= 0.6 is 0 Å². The van der Waals surface area contributed by atoms with Crippen molar-refractivity contribution < 1.29 is 23.0 Å². The maximum atomic E-state index is 12.4. The molecule has 3 rings (SSSR count). The molecule has 0 saturated heterocycles. The fourth-order valence-corrected chi connectivity index (χ4v) is 3.02. The Hall–Kier alpha value is -2.63. The van der Waals surface area contributed by atoms with Gasteiger partial charge in [0.1, 0.15) is 11.5 Å². The number of carbonyl (C=O) groups is 1. The van der Waals surface area contributed by atoms with Gasteiger partial charge in [-0.3, -0.25) is 4.79 Å². The first-order chi connectivity index (χ1) is 12.6. The molecule has 1 fully saturated rings. The molecule has 0 atom stereocenters. The molecule has 1 aliphatic rings. The third-order valence-corrected chi connectivity index (χ3v) is 4.35. The van der Waals surface area contributed by atoms with E-state index in [1.165, 1.54) is 18.9 Å². The van der Waals surface area contributed by atoms with Gasteiger partial charge >= 0.3 is 6.61 Å². The summed E-state index contributed by atoms with van der Waals surface area (Å²) in [6, 6.07) is 13.3. The lowest BCUT2D eigenvalue weighted by molar-refractivity contribution is -0.0504. The average molecular weight is 361 g/mol. The standard InChI is InChI=1S/C20H21F2NO3/c21-20(22)26-18-8-4-1-5-15(18)13-23-19(24)14-9-11-17(12-10-14)25-16-6-2-3-7-16/h1,4-5,8-12,16,20H,2-3,6-7,13H2,(H,23,24). The van der Waals surface area contributed by atoms with E-state index in [4.69, 9.17) is 4.74 Å². The van der Waals surface area contributed by atoms with E-state index >= 15 is 0 Å². The van der Waals surface area contributed by atoms with Gasteiger partial charge in [-0.25, -0.2) is 0 Å². The van der Waals surface area contributed by atoms with Crippen molar-refractivity contribution in [1.82, 2.24) is 5.32 Å². The summed E-state index contributed by atoms with van der Waals surface area (Å²) in [5, 5.41) is 2.72. The van der Waals surface area contributed by atoms with E-state index in [1.54, 1.807) is 42.5 Å². The zero-order valence-electron chi connectivity index (χ0n) is 14.3. The van der Waals surface area contributed by atoms with E-state index in [0.717, 1.165) is 18.6 Å². The summed E-state index contributed by atoms with van der Waals surface area (Å²) < 4.78 is 35.2. The molecule has 0 heterocycles. The van der Waals surface area contributed by atoms with Crippen molar-refractivity contribution in [2.24, 2.45) is 0 Å². The highest BCUT2D eigenvalue weighted by Gasteiger charge is 2.16.